The molecule has 14 heavy (non-hydrogen) atoms. The summed E-state index contributed by atoms with van der Waals surface area (Å²) in [5.41, 5.74) is 0. The number of ketones is 1. The minimum atomic E-state index is 0.379. The summed E-state index contributed by atoms with van der Waals surface area (Å²) in [6, 6.07) is 0. The highest BCUT2D eigenvalue weighted by atomic mass is 16.1. The van der Waals surface area contributed by atoms with Gasteiger partial charge in [0.25, 0.3) is 0 Å². The maximum Gasteiger partial charge on any atom is 0.149 e. The van der Waals surface area contributed by atoms with E-state index in [0.29, 0.717) is 18.2 Å². The Balaban J connectivity index is 2.32. The van der Waals surface area contributed by atoms with Crippen LogP contribution in [0.1, 0.15) is 46.0 Å². The molecule has 0 heterocycles. The van der Waals surface area contributed by atoms with Gasteiger partial charge in [-0.15, -0.1) is 0 Å². The van der Waals surface area contributed by atoms with Crippen molar-refractivity contribution in [2.45, 2.75) is 46.0 Å². The molecule has 0 aromatic rings. The highest BCUT2D eigenvalue weighted by Crippen LogP contribution is 2.24. The lowest BCUT2D eigenvalue weighted by Crippen LogP contribution is -2.33. The van der Waals surface area contributed by atoms with Gasteiger partial charge in [0.15, 0.2) is 0 Å². The molecule has 0 aliphatic heterocycles. The number of likely N-dealkylation sites (N-methyl/N-ethyl adjacent to an activating group) is 1. The average Bonchev–Trinajstić information content (AvgIpc) is 2.26. The molecule has 0 aromatic carbocycles. The minimum absolute atomic E-state index is 0.379. The fourth-order valence-electron chi connectivity index (χ4n) is 2.22. The molecule has 0 unspecified atom stereocenters. The van der Waals surface area contributed by atoms with Gasteiger partial charge in [0.05, 0.1) is 6.54 Å². The number of Topliss-reactive ketones (excluding diaryl/α,β-unsaturated/α-hetero) is 1. The summed E-state index contributed by atoms with van der Waals surface area (Å²) in [5, 5.41) is 0. The molecule has 0 radical (unpaired) electrons. The molecule has 0 N–H and O–H groups in total. The van der Waals surface area contributed by atoms with Crippen molar-refractivity contribution in [2.75, 3.05) is 19.6 Å². The molecule has 0 saturated heterocycles. The van der Waals surface area contributed by atoms with E-state index < -0.39 is 0 Å². The quantitative estimate of drug-likeness (QED) is 0.675. The Hall–Kier alpha value is -0.370. The summed E-state index contributed by atoms with van der Waals surface area (Å²) in [5.74, 6) is 0.859. The van der Waals surface area contributed by atoms with Gasteiger partial charge in [-0.05, 0) is 25.9 Å². The number of hydrogen-bond donors (Lipinski definition) is 0. The monoisotopic (exact) mass is 197 g/mol. The van der Waals surface area contributed by atoms with E-state index in [2.05, 4.69) is 18.7 Å². The van der Waals surface area contributed by atoms with Gasteiger partial charge in [-0.1, -0.05) is 33.1 Å². The van der Waals surface area contributed by atoms with Gasteiger partial charge in [-0.2, -0.15) is 0 Å². The van der Waals surface area contributed by atoms with Crippen LogP contribution in [0.2, 0.25) is 0 Å². The van der Waals surface area contributed by atoms with Crippen LogP contribution in [0.3, 0.4) is 0 Å². The van der Waals surface area contributed by atoms with Crippen LogP contribution in [0.5, 0.6) is 0 Å². The summed E-state index contributed by atoms with van der Waals surface area (Å²) in [4.78, 5) is 14.1. The zero-order chi connectivity index (χ0) is 10.4. The van der Waals surface area contributed by atoms with E-state index in [4.69, 9.17) is 0 Å². The van der Waals surface area contributed by atoms with Crippen molar-refractivity contribution < 1.29 is 4.79 Å². The van der Waals surface area contributed by atoms with Gasteiger partial charge < -0.3 is 0 Å². The second-order valence-corrected chi connectivity index (χ2v) is 4.26. The molecular formula is C12H23NO. The predicted molar refractivity (Wildman–Crippen MR) is 59.4 cm³/mol. The highest BCUT2D eigenvalue weighted by molar-refractivity contribution is 5.83. The van der Waals surface area contributed by atoms with Crippen LogP contribution < -0.4 is 0 Å². The molecule has 2 nitrogen and oxygen atoms in total. The molecule has 1 fully saturated rings. The van der Waals surface area contributed by atoms with Gasteiger partial charge in [-0.25, -0.2) is 0 Å². The smallest absolute Gasteiger partial charge is 0.149 e. The Morgan fingerprint density at radius 3 is 2.21 bits per heavy atom. The largest absolute Gasteiger partial charge is 0.298 e. The number of carbonyl (C=O) groups is 1. The van der Waals surface area contributed by atoms with E-state index in [1.165, 1.54) is 19.3 Å². The van der Waals surface area contributed by atoms with E-state index in [1.54, 1.807) is 0 Å². The lowest BCUT2D eigenvalue weighted by Gasteiger charge is -2.24. The van der Waals surface area contributed by atoms with E-state index >= 15 is 0 Å². The van der Waals surface area contributed by atoms with Crippen LogP contribution in [0.25, 0.3) is 0 Å². The molecule has 0 atom stereocenters. The summed E-state index contributed by atoms with van der Waals surface area (Å²) < 4.78 is 0. The van der Waals surface area contributed by atoms with Crippen molar-refractivity contribution >= 4 is 5.78 Å². The second kappa shape index (κ2) is 6.18. The van der Waals surface area contributed by atoms with Crippen molar-refractivity contribution in [2.24, 2.45) is 5.92 Å². The van der Waals surface area contributed by atoms with Crippen molar-refractivity contribution in [3.05, 3.63) is 0 Å². The fourth-order valence-corrected chi connectivity index (χ4v) is 2.22. The highest BCUT2D eigenvalue weighted by Gasteiger charge is 2.21. The first-order valence-corrected chi connectivity index (χ1v) is 6.03. The molecule has 2 heteroatoms. The zero-order valence-electron chi connectivity index (χ0n) is 9.59. The van der Waals surface area contributed by atoms with E-state index in [0.717, 1.165) is 25.9 Å². The standard InChI is InChI=1S/C12H23NO/c1-3-13(4-2)10-12(14)11-8-6-5-7-9-11/h11H,3-10H2,1-2H3. The summed E-state index contributed by atoms with van der Waals surface area (Å²) in [6.07, 6.45) is 6.12. The topological polar surface area (TPSA) is 20.3 Å². The molecule has 1 rings (SSSR count). The van der Waals surface area contributed by atoms with Crippen LogP contribution in [0.15, 0.2) is 0 Å². The predicted octanol–water partition coefficient (Wildman–Crippen LogP) is 2.48. The maximum atomic E-state index is 11.9. The Bertz CT molecular complexity index is 169. The molecule has 0 spiro atoms. The average molecular weight is 197 g/mol. The SMILES string of the molecule is CCN(CC)CC(=O)C1CCCCC1. The molecule has 82 valence electrons. The van der Waals surface area contributed by atoms with Gasteiger partial charge in [-0.3, -0.25) is 9.69 Å². The number of carbonyl (C=O) groups excluding carboxylic acids is 1. The fraction of sp³-hybridized carbons (Fsp3) is 0.917. The van der Waals surface area contributed by atoms with Gasteiger partial charge in [0.2, 0.25) is 0 Å². The molecule has 1 aliphatic carbocycles. The minimum Gasteiger partial charge on any atom is -0.298 e. The van der Waals surface area contributed by atoms with Crippen molar-refractivity contribution in [1.82, 2.24) is 4.90 Å². The van der Waals surface area contributed by atoms with Crippen molar-refractivity contribution in [3.8, 4) is 0 Å². The Morgan fingerprint density at radius 2 is 1.71 bits per heavy atom. The molecular weight excluding hydrogens is 174 g/mol. The molecule has 1 aliphatic rings. The summed E-state index contributed by atoms with van der Waals surface area (Å²) in [7, 11) is 0. The number of hydrogen-bond acceptors (Lipinski definition) is 2. The third kappa shape index (κ3) is 3.41. The van der Waals surface area contributed by atoms with Gasteiger partial charge in [0.1, 0.15) is 5.78 Å². The van der Waals surface area contributed by atoms with Crippen molar-refractivity contribution in [3.63, 3.8) is 0 Å². The Morgan fingerprint density at radius 1 is 1.14 bits per heavy atom. The number of nitrogens with zero attached hydrogens (tertiary/aromatic N) is 1. The van der Waals surface area contributed by atoms with E-state index in [-0.39, 0.29) is 0 Å². The van der Waals surface area contributed by atoms with Crippen LogP contribution in [-0.4, -0.2) is 30.3 Å². The Kier molecular flexibility index (Phi) is 5.16. The molecule has 0 bridgehead atoms. The summed E-state index contributed by atoms with van der Waals surface area (Å²) in [6.45, 7) is 6.91. The molecule has 0 aromatic heterocycles. The summed E-state index contributed by atoms with van der Waals surface area (Å²) >= 11 is 0. The first-order chi connectivity index (χ1) is 6.77. The Labute approximate surface area is 87.7 Å². The first kappa shape index (κ1) is 11.7. The lowest BCUT2D eigenvalue weighted by atomic mass is 9.86. The van der Waals surface area contributed by atoms with Crippen molar-refractivity contribution in [1.29, 1.82) is 0 Å². The van der Waals surface area contributed by atoms with Crippen LogP contribution in [-0.2, 0) is 4.79 Å². The van der Waals surface area contributed by atoms with Gasteiger partial charge in [0, 0.05) is 5.92 Å². The zero-order valence-corrected chi connectivity index (χ0v) is 9.59. The van der Waals surface area contributed by atoms with Crippen LogP contribution in [0.4, 0.5) is 0 Å². The second-order valence-electron chi connectivity index (χ2n) is 4.26. The van der Waals surface area contributed by atoms with E-state index in [9.17, 15) is 4.79 Å². The third-order valence-corrected chi connectivity index (χ3v) is 3.33. The third-order valence-electron chi connectivity index (χ3n) is 3.33. The van der Waals surface area contributed by atoms with E-state index in [1.807, 2.05) is 0 Å². The van der Waals surface area contributed by atoms with Crippen LogP contribution >= 0.6 is 0 Å². The van der Waals surface area contributed by atoms with Gasteiger partial charge >= 0.3 is 0 Å². The van der Waals surface area contributed by atoms with Crippen LogP contribution in [0, 0.1) is 5.92 Å². The maximum absolute atomic E-state index is 11.9. The lowest BCUT2D eigenvalue weighted by molar-refractivity contribution is -0.124. The molecule has 1 saturated carbocycles. The first-order valence-electron chi connectivity index (χ1n) is 6.03. The normalized spacial score (nSPS) is 18.8. The molecule has 0 amide bonds. The number of rotatable bonds is 5.